The summed E-state index contributed by atoms with van der Waals surface area (Å²) >= 11 is 0. The first-order valence-electron chi connectivity index (χ1n) is 6.99. The van der Waals surface area contributed by atoms with Crippen molar-refractivity contribution in [2.45, 2.75) is 20.8 Å². The predicted molar refractivity (Wildman–Crippen MR) is 86.5 cm³/mol. The highest BCUT2D eigenvalue weighted by Gasteiger charge is 2.11. The summed E-state index contributed by atoms with van der Waals surface area (Å²) in [4.78, 5) is 4.53. The van der Waals surface area contributed by atoms with Gasteiger partial charge in [0.05, 0.1) is 11.2 Å². The van der Waals surface area contributed by atoms with Gasteiger partial charge in [-0.05, 0) is 50.1 Å². The number of aryl methyl sites for hydroxylation is 1. The van der Waals surface area contributed by atoms with Crippen molar-refractivity contribution in [2.24, 2.45) is 0 Å². The highest BCUT2D eigenvalue weighted by Crippen LogP contribution is 2.28. The summed E-state index contributed by atoms with van der Waals surface area (Å²) in [5.41, 5.74) is 6.31. The van der Waals surface area contributed by atoms with Crippen molar-refractivity contribution in [1.29, 1.82) is 0 Å². The van der Waals surface area contributed by atoms with Crippen LogP contribution in [-0.4, -0.2) is 22.2 Å². The van der Waals surface area contributed by atoms with Gasteiger partial charge in [-0.25, -0.2) is 0 Å². The lowest BCUT2D eigenvalue weighted by Crippen LogP contribution is -2.02. The lowest BCUT2D eigenvalue weighted by molar-refractivity contribution is 1.00. The standard InChI is InChI=1S/C17H18N4/c1-10-5-6-13-9-14(7-8-15(13)19-10)16-11(2)12(3)17(18-4)21-20-16/h5-9H,1-4H3,(H,18,21). The van der Waals surface area contributed by atoms with Gasteiger partial charge in [0.15, 0.2) is 5.82 Å². The first-order chi connectivity index (χ1) is 10.1. The zero-order valence-electron chi connectivity index (χ0n) is 12.7. The molecule has 0 radical (unpaired) electrons. The van der Waals surface area contributed by atoms with Gasteiger partial charge in [0, 0.05) is 23.7 Å². The maximum absolute atomic E-state index is 4.53. The van der Waals surface area contributed by atoms with E-state index in [1.165, 1.54) is 0 Å². The molecule has 0 bridgehead atoms. The monoisotopic (exact) mass is 278 g/mol. The smallest absolute Gasteiger partial charge is 0.151 e. The summed E-state index contributed by atoms with van der Waals surface area (Å²) in [6.07, 6.45) is 0. The minimum Gasteiger partial charge on any atom is -0.371 e. The molecule has 3 rings (SSSR count). The Bertz CT molecular complexity index is 824. The van der Waals surface area contributed by atoms with Gasteiger partial charge in [-0.3, -0.25) is 4.98 Å². The normalized spacial score (nSPS) is 10.9. The van der Waals surface area contributed by atoms with Crippen LogP contribution in [0.25, 0.3) is 22.2 Å². The van der Waals surface area contributed by atoms with Crippen molar-refractivity contribution < 1.29 is 0 Å². The summed E-state index contributed by atoms with van der Waals surface area (Å²) in [5, 5.41) is 12.8. The predicted octanol–water partition coefficient (Wildman–Crippen LogP) is 3.66. The third-order valence-corrected chi connectivity index (χ3v) is 3.86. The van der Waals surface area contributed by atoms with Crippen molar-refractivity contribution >= 4 is 16.7 Å². The van der Waals surface area contributed by atoms with Gasteiger partial charge in [0.2, 0.25) is 0 Å². The molecule has 1 aromatic carbocycles. The minimum absolute atomic E-state index is 0.828. The summed E-state index contributed by atoms with van der Waals surface area (Å²) < 4.78 is 0. The van der Waals surface area contributed by atoms with Crippen LogP contribution in [0, 0.1) is 20.8 Å². The zero-order valence-corrected chi connectivity index (χ0v) is 12.7. The maximum Gasteiger partial charge on any atom is 0.151 e. The van der Waals surface area contributed by atoms with E-state index in [0.29, 0.717) is 0 Å². The average Bonchev–Trinajstić information content (AvgIpc) is 2.49. The van der Waals surface area contributed by atoms with E-state index in [9.17, 15) is 0 Å². The number of fused-ring (bicyclic) bond motifs is 1. The molecule has 0 spiro atoms. The summed E-state index contributed by atoms with van der Waals surface area (Å²) in [6.45, 7) is 6.14. The van der Waals surface area contributed by atoms with Crippen LogP contribution in [0.3, 0.4) is 0 Å². The van der Waals surface area contributed by atoms with E-state index in [4.69, 9.17) is 0 Å². The molecule has 0 saturated heterocycles. The highest BCUT2D eigenvalue weighted by molar-refractivity contribution is 5.84. The van der Waals surface area contributed by atoms with Crippen LogP contribution in [-0.2, 0) is 0 Å². The van der Waals surface area contributed by atoms with Crippen LogP contribution < -0.4 is 5.32 Å². The lowest BCUT2D eigenvalue weighted by atomic mass is 10.0. The molecule has 0 saturated carbocycles. The molecule has 0 fully saturated rings. The molecule has 1 N–H and O–H groups in total. The van der Waals surface area contributed by atoms with Gasteiger partial charge in [0.25, 0.3) is 0 Å². The molecule has 0 aliphatic heterocycles. The lowest BCUT2D eigenvalue weighted by Gasteiger charge is -2.11. The number of anilines is 1. The van der Waals surface area contributed by atoms with Crippen molar-refractivity contribution in [1.82, 2.24) is 15.2 Å². The molecule has 0 aliphatic carbocycles. The Hall–Kier alpha value is -2.49. The molecule has 2 heterocycles. The molecule has 4 nitrogen and oxygen atoms in total. The largest absolute Gasteiger partial charge is 0.371 e. The Morgan fingerprint density at radius 2 is 1.71 bits per heavy atom. The van der Waals surface area contributed by atoms with E-state index in [-0.39, 0.29) is 0 Å². The van der Waals surface area contributed by atoms with Crippen molar-refractivity contribution in [2.75, 3.05) is 12.4 Å². The van der Waals surface area contributed by atoms with Gasteiger partial charge >= 0.3 is 0 Å². The molecule has 106 valence electrons. The third kappa shape index (κ3) is 2.33. The second-order valence-electron chi connectivity index (χ2n) is 5.26. The van der Waals surface area contributed by atoms with Crippen LogP contribution in [0.5, 0.6) is 0 Å². The SMILES string of the molecule is CNc1nnc(-c2ccc3nc(C)ccc3c2)c(C)c1C. The Balaban J connectivity index is 2.16. The molecule has 4 heteroatoms. The molecule has 0 unspecified atom stereocenters. The first-order valence-corrected chi connectivity index (χ1v) is 6.99. The molecule has 0 atom stereocenters. The van der Waals surface area contributed by atoms with Crippen molar-refractivity contribution in [3.8, 4) is 11.3 Å². The second kappa shape index (κ2) is 5.13. The number of rotatable bonds is 2. The molecule has 3 aromatic rings. The molecular formula is C17H18N4. The molecule has 21 heavy (non-hydrogen) atoms. The van der Waals surface area contributed by atoms with E-state index in [2.05, 4.69) is 52.5 Å². The van der Waals surface area contributed by atoms with E-state index < -0.39 is 0 Å². The summed E-state index contributed by atoms with van der Waals surface area (Å²) in [5.74, 6) is 0.828. The number of hydrogen-bond acceptors (Lipinski definition) is 4. The fraction of sp³-hybridized carbons (Fsp3) is 0.235. The Labute approximate surface area is 124 Å². The fourth-order valence-electron chi connectivity index (χ4n) is 2.49. The van der Waals surface area contributed by atoms with Gasteiger partial charge in [-0.2, -0.15) is 0 Å². The number of nitrogens with one attached hydrogen (secondary N) is 1. The number of nitrogens with zero attached hydrogens (tertiary/aromatic N) is 3. The summed E-state index contributed by atoms with van der Waals surface area (Å²) in [7, 11) is 1.86. The zero-order chi connectivity index (χ0) is 15.0. The van der Waals surface area contributed by atoms with Crippen LogP contribution in [0.4, 0.5) is 5.82 Å². The van der Waals surface area contributed by atoms with Gasteiger partial charge in [0.1, 0.15) is 0 Å². The van der Waals surface area contributed by atoms with Crippen LogP contribution in [0.2, 0.25) is 0 Å². The molecule has 0 amide bonds. The van der Waals surface area contributed by atoms with E-state index in [1.807, 2.05) is 26.1 Å². The van der Waals surface area contributed by atoms with Gasteiger partial charge < -0.3 is 5.32 Å². The highest BCUT2D eigenvalue weighted by atomic mass is 15.2. The van der Waals surface area contributed by atoms with Gasteiger partial charge in [-0.15, -0.1) is 10.2 Å². The summed E-state index contributed by atoms with van der Waals surface area (Å²) in [6, 6.07) is 10.3. The van der Waals surface area contributed by atoms with E-state index in [1.54, 1.807) is 0 Å². The van der Waals surface area contributed by atoms with Crippen LogP contribution in [0.15, 0.2) is 30.3 Å². The molecule has 0 aliphatic rings. The average molecular weight is 278 g/mol. The third-order valence-electron chi connectivity index (χ3n) is 3.86. The number of aromatic nitrogens is 3. The minimum atomic E-state index is 0.828. The number of benzene rings is 1. The van der Waals surface area contributed by atoms with E-state index in [0.717, 1.165) is 44.8 Å². The molecule has 2 aromatic heterocycles. The number of hydrogen-bond donors (Lipinski definition) is 1. The van der Waals surface area contributed by atoms with Crippen molar-refractivity contribution in [3.63, 3.8) is 0 Å². The maximum atomic E-state index is 4.53. The Kier molecular flexibility index (Phi) is 3.29. The quantitative estimate of drug-likeness (QED) is 0.777. The fourth-order valence-corrected chi connectivity index (χ4v) is 2.49. The molecular weight excluding hydrogens is 260 g/mol. The Morgan fingerprint density at radius 1 is 0.905 bits per heavy atom. The van der Waals surface area contributed by atoms with Crippen molar-refractivity contribution in [3.05, 3.63) is 47.2 Å². The Morgan fingerprint density at radius 3 is 2.48 bits per heavy atom. The van der Waals surface area contributed by atoms with Crippen LogP contribution in [0.1, 0.15) is 16.8 Å². The van der Waals surface area contributed by atoms with Crippen LogP contribution >= 0.6 is 0 Å². The van der Waals surface area contributed by atoms with E-state index >= 15 is 0 Å². The topological polar surface area (TPSA) is 50.7 Å². The second-order valence-corrected chi connectivity index (χ2v) is 5.26. The first kappa shape index (κ1) is 13.5. The number of pyridine rings is 1. The van der Waals surface area contributed by atoms with Gasteiger partial charge in [-0.1, -0.05) is 12.1 Å².